The molecule has 0 aliphatic rings. The fourth-order valence-corrected chi connectivity index (χ4v) is 0. The van der Waals surface area contributed by atoms with Gasteiger partial charge in [-0.25, -0.2) is 0 Å². The highest BCUT2D eigenvalue weighted by molar-refractivity contribution is 7.58. The van der Waals surface area contributed by atoms with Crippen molar-refractivity contribution in [2.24, 2.45) is 0 Å². The van der Waals surface area contributed by atoms with Crippen LogP contribution in [-0.4, -0.2) is 16.9 Å². The van der Waals surface area contributed by atoms with E-state index in [1.807, 2.05) is 0 Å². The molecule has 2 nitrogen and oxygen atoms in total. The van der Waals surface area contributed by atoms with Crippen LogP contribution in [0.25, 0.3) is 0 Å². The Morgan fingerprint density at radius 2 is 1.50 bits per heavy atom. The molecule has 0 saturated carbocycles. The van der Waals surface area contributed by atoms with Crippen molar-refractivity contribution in [2.75, 3.05) is 0 Å². The lowest BCUT2D eigenvalue weighted by molar-refractivity contribution is 0.437. The summed E-state index contributed by atoms with van der Waals surface area (Å²) in [6.07, 6.45) is 0. The molecule has 4 heavy (non-hydrogen) atoms. The van der Waals surface area contributed by atoms with Crippen LogP contribution in [-0.2, 0) is 0 Å². The van der Waals surface area contributed by atoms with Crippen LogP contribution in [0.5, 0.6) is 0 Å². The monoisotopic (exact) mass is 78.0 g/mol. The second-order valence-corrected chi connectivity index (χ2v) is 1.01. The van der Waals surface area contributed by atoms with E-state index < -0.39 is 6.84 Å². The van der Waals surface area contributed by atoms with Gasteiger partial charge in [-0.3, -0.25) is 0 Å². The van der Waals surface area contributed by atoms with E-state index in [1.165, 1.54) is 0 Å². The van der Waals surface area contributed by atoms with Crippen molar-refractivity contribution >= 4 is 16.0 Å². The molecule has 1 unspecified atom stereocenters. The smallest absolute Gasteiger partial charge is 0.424 e. The van der Waals surface area contributed by atoms with Crippen LogP contribution in [0.15, 0.2) is 0 Å². The Kier molecular flexibility index (Phi) is 1.88. The highest BCUT2D eigenvalue weighted by Crippen LogP contribution is 1.74. The SMILES string of the molecule is OB(O)P. The summed E-state index contributed by atoms with van der Waals surface area (Å²) in [5.74, 6) is 0. The molecule has 0 fully saturated rings. The Hall–Kier alpha value is 0.415. The van der Waals surface area contributed by atoms with E-state index in [1.54, 1.807) is 9.12 Å². The molecule has 0 aliphatic carbocycles. The third-order valence-electron chi connectivity index (χ3n) is 0. The van der Waals surface area contributed by atoms with Gasteiger partial charge in [-0.05, 0) is 0 Å². The molecule has 0 rings (SSSR count). The maximum atomic E-state index is 7.57. The zero-order valence-corrected chi connectivity index (χ0v) is 3.20. The minimum atomic E-state index is -1.25. The fourth-order valence-electron chi connectivity index (χ4n) is 0. The first-order chi connectivity index (χ1) is 1.73. The number of hydrogen-bond acceptors (Lipinski definition) is 2. The quantitative estimate of drug-likeness (QED) is 0.283. The maximum absolute atomic E-state index is 7.57. The van der Waals surface area contributed by atoms with Crippen molar-refractivity contribution in [1.82, 2.24) is 0 Å². The summed E-state index contributed by atoms with van der Waals surface area (Å²) in [7, 11) is 1.77. The standard InChI is InChI=1S/BH4O2P/c2-1(3)4/h2-3H,4H2. The van der Waals surface area contributed by atoms with Crippen molar-refractivity contribution in [3.05, 3.63) is 0 Å². The summed E-state index contributed by atoms with van der Waals surface area (Å²) in [6, 6.07) is 0. The molecule has 0 saturated heterocycles. The molecule has 4 heteroatoms. The molecule has 0 amide bonds. The lowest BCUT2D eigenvalue weighted by atomic mass is 10.4. The van der Waals surface area contributed by atoms with Gasteiger partial charge in [-0.15, -0.1) is 9.12 Å². The van der Waals surface area contributed by atoms with Gasteiger partial charge in [0.05, 0.1) is 0 Å². The second-order valence-electron chi connectivity index (χ2n) is 0.414. The molecule has 0 bridgehead atoms. The van der Waals surface area contributed by atoms with Crippen molar-refractivity contribution in [3.63, 3.8) is 0 Å². The first-order valence-electron chi connectivity index (χ1n) is 0.850. The average molecular weight is 77.8 g/mol. The first kappa shape index (κ1) is 4.41. The second kappa shape index (κ2) is 1.71. The molecule has 0 aromatic carbocycles. The van der Waals surface area contributed by atoms with Gasteiger partial charge in [0.25, 0.3) is 0 Å². The largest absolute Gasteiger partial charge is 0.473 e. The van der Waals surface area contributed by atoms with Crippen LogP contribution in [0, 0.1) is 0 Å². The predicted octanol–water partition coefficient (Wildman–Crippen LogP) is -1.17. The minimum absolute atomic E-state index is 1.25. The molecule has 0 aliphatic heterocycles. The molecule has 0 aromatic heterocycles. The van der Waals surface area contributed by atoms with Gasteiger partial charge >= 0.3 is 6.84 Å². The summed E-state index contributed by atoms with van der Waals surface area (Å²) in [4.78, 5) is 0. The Labute approximate surface area is 27.1 Å². The third kappa shape index (κ3) is 28.1. The van der Waals surface area contributed by atoms with E-state index in [-0.39, 0.29) is 0 Å². The zero-order chi connectivity index (χ0) is 3.58. The van der Waals surface area contributed by atoms with Gasteiger partial charge < -0.3 is 10.0 Å². The van der Waals surface area contributed by atoms with Crippen LogP contribution in [0.4, 0.5) is 0 Å². The molecular formula is H4BO2P. The molecule has 0 heterocycles. The van der Waals surface area contributed by atoms with E-state index >= 15 is 0 Å². The van der Waals surface area contributed by atoms with Crippen molar-refractivity contribution < 1.29 is 10.0 Å². The fraction of sp³-hybridized carbons (Fsp3) is 0. The molecule has 1 atom stereocenters. The molecule has 0 radical (unpaired) electrons. The normalized spacial score (nSPS) is 6.75. The van der Waals surface area contributed by atoms with Crippen LogP contribution < -0.4 is 0 Å². The van der Waals surface area contributed by atoms with Gasteiger partial charge in [0.15, 0.2) is 0 Å². The first-order valence-corrected chi connectivity index (χ1v) is 1.52. The summed E-state index contributed by atoms with van der Waals surface area (Å²) in [6.45, 7) is -1.25. The van der Waals surface area contributed by atoms with E-state index in [2.05, 4.69) is 0 Å². The number of hydrogen-bond donors (Lipinski definition) is 2. The van der Waals surface area contributed by atoms with E-state index in [0.717, 1.165) is 0 Å². The van der Waals surface area contributed by atoms with Gasteiger partial charge in [0, 0.05) is 0 Å². The lowest BCUT2D eigenvalue weighted by Crippen LogP contribution is -1.94. The molecular weight excluding hydrogens is 73.8 g/mol. The Morgan fingerprint density at radius 1 is 1.50 bits per heavy atom. The van der Waals surface area contributed by atoms with Crippen molar-refractivity contribution in [2.45, 2.75) is 0 Å². The molecule has 0 spiro atoms. The third-order valence-corrected chi connectivity index (χ3v) is 0. The molecule has 2 N–H and O–H groups in total. The summed E-state index contributed by atoms with van der Waals surface area (Å²) >= 11 is 0. The predicted molar refractivity (Wildman–Crippen MR) is 19.9 cm³/mol. The van der Waals surface area contributed by atoms with Crippen LogP contribution in [0.3, 0.4) is 0 Å². The van der Waals surface area contributed by atoms with Crippen molar-refractivity contribution in [1.29, 1.82) is 0 Å². The maximum Gasteiger partial charge on any atom is 0.473 e. The summed E-state index contributed by atoms with van der Waals surface area (Å²) < 4.78 is 0. The lowest BCUT2D eigenvalue weighted by Gasteiger charge is -1.71. The molecule has 0 aromatic rings. The van der Waals surface area contributed by atoms with Gasteiger partial charge in [0.1, 0.15) is 0 Å². The van der Waals surface area contributed by atoms with Gasteiger partial charge in [0.2, 0.25) is 0 Å². The zero-order valence-electron chi connectivity index (χ0n) is 2.05. The highest BCUT2D eigenvalue weighted by atomic mass is 31.0. The van der Waals surface area contributed by atoms with Gasteiger partial charge in [-0.2, -0.15) is 0 Å². The van der Waals surface area contributed by atoms with Crippen LogP contribution >= 0.6 is 9.12 Å². The van der Waals surface area contributed by atoms with E-state index in [4.69, 9.17) is 10.0 Å². The topological polar surface area (TPSA) is 40.5 Å². The Morgan fingerprint density at radius 3 is 1.50 bits per heavy atom. The Balaban J connectivity index is 2.32. The van der Waals surface area contributed by atoms with Gasteiger partial charge in [-0.1, -0.05) is 0 Å². The summed E-state index contributed by atoms with van der Waals surface area (Å²) in [5.41, 5.74) is 0. The summed E-state index contributed by atoms with van der Waals surface area (Å²) in [5, 5.41) is 15.1. The average Bonchev–Trinajstić information content (AvgIpc) is 0.811. The van der Waals surface area contributed by atoms with E-state index in [0.29, 0.717) is 0 Å². The highest BCUT2D eigenvalue weighted by Gasteiger charge is 1.86. The minimum Gasteiger partial charge on any atom is -0.424 e. The molecule has 24 valence electrons. The van der Waals surface area contributed by atoms with Crippen LogP contribution in [0.2, 0.25) is 0 Å². The Bertz CT molecular complexity index is 10.8. The van der Waals surface area contributed by atoms with E-state index in [9.17, 15) is 0 Å². The number of rotatable bonds is 0. The van der Waals surface area contributed by atoms with Crippen LogP contribution in [0.1, 0.15) is 0 Å². The van der Waals surface area contributed by atoms with Crippen molar-refractivity contribution in [3.8, 4) is 0 Å².